The molecule has 146 valence electrons. The zero-order valence-electron chi connectivity index (χ0n) is 16.6. The van der Waals surface area contributed by atoms with Crippen LogP contribution in [-0.4, -0.2) is 15.1 Å². The predicted octanol–water partition coefficient (Wildman–Crippen LogP) is 4.54. The summed E-state index contributed by atoms with van der Waals surface area (Å²) in [7, 11) is -3.68. The van der Waals surface area contributed by atoms with Gasteiger partial charge in [-0.1, -0.05) is 84.5 Å². The van der Waals surface area contributed by atoms with Crippen molar-refractivity contribution in [1.29, 1.82) is 0 Å². The quantitative estimate of drug-likeness (QED) is 0.467. The molecule has 0 amide bonds. The van der Waals surface area contributed by atoms with E-state index in [1.807, 2.05) is 42.5 Å². The molecule has 0 radical (unpaired) electrons. The first-order valence-corrected chi connectivity index (χ1v) is 11.4. The lowest BCUT2D eigenvalue weighted by atomic mass is 9.40. The third kappa shape index (κ3) is 2.85. The standard InChI is InChI=1S/C25H20BNO2S/c1-26-20-13-5-7-15-22(20)27(23-16-8-6-14-21(23)26)24-17-9-10-18-25(24)30(28,29)19-11-3-2-4-12-19/h2-18H,1H3. The van der Waals surface area contributed by atoms with E-state index in [1.54, 1.807) is 36.4 Å². The SMILES string of the molecule is CB1c2ccccc2N(c2ccccc2S(=O)(=O)c2ccccc2)c2ccccc21. The fourth-order valence-corrected chi connectivity index (χ4v) is 5.73. The number of rotatable bonds is 3. The van der Waals surface area contributed by atoms with Gasteiger partial charge in [0.2, 0.25) is 16.6 Å². The molecule has 0 bridgehead atoms. The summed E-state index contributed by atoms with van der Waals surface area (Å²) < 4.78 is 27.1. The van der Waals surface area contributed by atoms with Gasteiger partial charge < -0.3 is 4.90 Å². The fourth-order valence-electron chi connectivity index (χ4n) is 4.27. The van der Waals surface area contributed by atoms with Gasteiger partial charge >= 0.3 is 0 Å². The van der Waals surface area contributed by atoms with Crippen LogP contribution in [0.25, 0.3) is 0 Å². The molecule has 5 heteroatoms. The van der Waals surface area contributed by atoms with Gasteiger partial charge in [0.25, 0.3) is 0 Å². The largest absolute Gasteiger partial charge is 0.310 e. The van der Waals surface area contributed by atoms with E-state index in [1.165, 1.54) is 10.9 Å². The molecular formula is C25H20BNO2S. The highest BCUT2D eigenvalue weighted by Gasteiger charge is 2.33. The molecule has 0 atom stereocenters. The Morgan fingerprint density at radius 1 is 0.600 bits per heavy atom. The Morgan fingerprint density at radius 2 is 1.07 bits per heavy atom. The molecule has 30 heavy (non-hydrogen) atoms. The molecule has 5 rings (SSSR count). The zero-order valence-corrected chi connectivity index (χ0v) is 17.4. The van der Waals surface area contributed by atoms with Gasteiger partial charge in [-0.2, -0.15) is 0 Å². The number of nitrogens with zero attached hydrogens (tertiary/aromatic N) is 1. The van der Waals surface area contributed by atoms with Crippen LogP contribution >= 0.6 is 0 Å². The molecule has 0 saturated carbocycles. The lowest BCUT2D eigenvalue weighted by molar-refractivity contribution is 0.596. The third-order valence-electron chi connectivity index (χ3n) is 5.74. The van der Waals surface area contributed by atoms with Crippen LogP contribution < -0.4 is 15.8 Å². The molecule has 0 aromatic heterocycles. The van der Waals surface area contributed by atoms with E-state index in [-0.39, 0.29) is 6.71 Å². The van der Waals surface area contributed by atoms with E-state index in [2.05, 4.69) is 36.0 Å². The second-order valence-electron chi connectivity index (χ2n) is 7.46. The van der Waals surface area contributed by atoms with Gasteiger partial charge in [0.05, 0.1) is 15.5 Å². The van der Waals surface area contributed by atoms with Crippen molar-refractivity contribution in [1.82, 2.24) is 0 Å². The van der Waals surface area contributed by atoms with Gasteiger partial charge in [-0.3, -0.25) is 0 Å². The molecule has 0 unspecified atom stereocenters. The Hall–Kier alpha value is -3.31. The van der Waals surface area contributed by atoms with Crippen molar-refractivity contribution in [2.75, 3.05) is 4.90 Å². The number of sulfone groups is 1. The van der Waals surface area contributed by atoms with Crippen LogP contribution in [0.5, 0.6) is 0 Å². The molecule has 1 heterocycles. The van der Waals surface area contributed by atoms with Gasteiger partial charge in [-0.25, -0.2) is 8.42 Å². The summed E-state index contributed by atoms with van der Waals surface area (Å²) in [6, 6.07) is 32.3. The number of para-hydroxylation sites is 3. The summed E-state index contributed by atoms with van der Waals surface area (Å²) in [5.41, 5.74) is 5.05. The van der Waals surface area contributed by atoms with Gasteiger partial charge in [0.15, 0.2) is 0 Å². The van der Waals surface area contributed by atoms with Gasteiger partial charge in [-0.05, 0) is 36.4 Å². The Balaban J connectivity index is 1.79. The third-order valence-corrected chi connectivity index (χ3v) is 7.55. The molecule has 4 aromatic carbocycles. The molecule has 1 aliphatic rings. The maximum atomic E-state index is 13.6. The Morgan fingerprint density at radius 3 is 1.67 bits per heavy atom. The first kappa shape index (κ1) is 18.7. The van der Waals surface area contributed by atoms with Crippen molar-refractivity contribution >= 4 is 44.5 Å². The van der Waals surface area contributed by atoms with Crippen molar-refractivity contribution in [3.63, 3.8) is 0 Å². The van der Waals surface area contributed by atoms with E-state index in [9.17, 15) is 8.42 Å². The molecule has 0 spiro atoms. The van der Waals surface area contributed by atoms with E-state index in [0.717, 1.165) is 11.4 Å². The number of benzene rings is 4. The van der Waals surface area contributed by atoms with Gasteiger partial charge in [0.1, 0.15) is 0 Å². The average Bonchev–Trinajstić information content (AvgIpc) is 2.80. The Bertz CT molecular complexity index is 1290. The minimum Gasteiger partial charge on any atom is -0.310 e. The van der Waals surface area contributed by atoms with Crippen LogP contribution in [0.1, 0.15) is 0 Å². The highest BCUT2D eigenvalue weighted by molar-refractivity contribution is 7.91. The maximum Gasteiger partial charge on any atom is 0.211 e. The summed E-state index contributed by atoms with van der Waals surface area (Å²) in [4.78, 5) is 2.68. The molecule has 1 aliphatic heterocycles. The first-order valence-electron chi connectivity index (χ1n) is 9.96. The molecular weight excluding hydrogens is 389 g/mol. The summed E-state index contributed by atoms with van der Waals surface area (Å²) in [5, 5.41) is 0. The van der Waals surface area contributed by atoms with Crippen LogP contribution in [0, 0.1) is 0 Å². The van der Waals surface area contributed by atoms with Crippen molar-refractivity contribution in [3.8, 4) is 0 Å². The van der Waals surface area contributed by atoms with Crippen molar-refractivity contribution in [2.45, 2.75) is 16.6 Å². The Kier molecular flexibility index (Phi) is 4.48. The summed E-state index contributed by atoms with van der Waals surface area (Å²) in [6.07, 6.45) is 0. The highest BCUT2D eigenvalue weighted by Crippen LogP contribution is 2.40. The molecule has 3 nitrogen and oxygen atoms in total. The number of anilines is 3. The smallest absolute Gasteiger partial charge is 0.211 e. The minimum atomic E-state index is -3.68. The van der Waals surface area contributed by atoms with Crippen molar-refractivity contribution < 1.29 is 8.42 Å². The first-order chi connectivity index (χ1) is 14.6. The topological polar surface area (TPSA) is 37.4 Å². The summed E-state index contributed by atoms with van der Waals surface area (Å²) in [5.74, 6) is 0. The summed E-state index contributed by atoms with van der Waals surface area (Å²) >= 11 is 0. The van der Waals surface area contributed by atoms with Crippen molar-refractivity contribution in [3.05, 3.63) is 103 Å². The average molecular weight is 409 g/mol. The Labute approximate surface area is 177 Å². The summed E-state index contributed by atoms with van der Waals surface area (Å²) in [6.45, 7) is 2.42. The number of hydrogen-bond donors (Lipinski definition) is 0. The van der Waals surface area contributed by atoms with Crippen molar-refractivity contribution in [2.24, 2.45) is 0 Å². The number of fused-ring (bicyclic) bond motifs is 2. The van der Waals surface area contributed by atoms with E-state index < -0.39 is 9.84 Å². The second kappa shape index (κ2) is 7.19. The van der Waals surface area contributed by atoms with E-state index in [0.29, 0.717) is 15.5 Å². The van der Waals surface area contributed by atoms with E-state index >= 15 is 0 Å². The van der Waals surface area contributed by atoms with E-state index in [4.69, 9.17) is 0 Å². The van der Waals surface area contributed by atoms with Gasteiger partial charge in [0, 0.05) is 11.4 Å². The lowest BCUT2D eigenvalue weighted by Crippen LogP contribution is -2.48. The van der Waals surface area contributed by atoms with Crippen LogP contribution in [0.3, 0.4) is 0 Å². The fraction of sp³-hybridized carbons (Fsp3) is 0.0400. The molecule has 0 N–H and O–H groups in total. The van der Waals surface area contributed by atoms with Crippen LogP contribution in [-0.2, 0) is 9.84 Å². The van der Waals surface area contributed by atoms with Gasteiger partial charge in [-0.15, -0.1) is 0 Å². The lowest BCUT2D eigenvalue weighted by Gasteiger charge is -2.36. The molecule has 0 saturated heterocycles. The van der Waals surface area contributed by atoms with Crippen LogP contribution in [0.15, 0.2) is 113 Å². The minimum absolute atomic E-state index is 0.228. The zero-order chi connectivity index (χ0) is 20.7. The number of hydrogen-bond acceptors (Lipinski definition) is 3. The normalized spacial score (nSPS) is 13.0. The predicted molar refractivity (Wildman–Crippen MR) is 124 cm³/mol. The molecule has 0 fully saturated rings. The monoisotopic (exact) mass is 409 g/mol. The second-order valence-corrected chi connectivity index (χ2v) is 9.38. The van der Waals surface area contributed by atoms with Crippen LogP contribution in [0.4, 0.5) is 17.1 Å². The molecule has 0 aliphatic carbocycles. The highest BCUT2D eigenvalue weighted by atomic mass is 32.2. The van der Waals surface area contributed by atoms with Crippen LogP contribution in [0.2, 0.25) is 6.82 Å². The molecule has 4 aromatic rings. The maximum absolute atomic E-state index is 13.6.